The fourth-order valence-electron chi connectivity index (χ4n) is 4.54. The molecule has 0 saturated carbocycles. The maximum Gasteiger partial charge on any atom is 0.242 e. The van der Waals surface area contributed by atoms with Crippen molar-refractivity contribution in [3.05, 3.63) is 88.4 Å². The van der Waals surface area contributed by atoms with E-state index in [9.17, 15) is 0 Å². The first-order valence-electron chi connectivity index (χ1n) is 14.0. The normalized spacial score (nSPS) is 19.8. The van der Waals surface area contributed by atoms with Crippen molar-refractivity contribution < 1.29 is 8.85 Å². The standard InChI is InChI=1S/C32H48O2Si2/c1-35(2,3)33-31-17-13-12-16-29-20-18-27(19-21-29)14-10-8-7-9-11-15-28-22-24-30(25-23-28)26-32(31)34-36(4,5)6/h17-26H,7-16H2,1-6H3/b31-17+,32-26+. The van der Waals surface area contributed by atoms with E-state index in [-0.39, 0.29) is 0 Å². The summed E-state index contributed by atoms with van der Waals surface area (Å²) in [4.78, 5) is 0. The van der Waals surface area contributed by atoms with Crippen LogP contribution >= 0.6 is 0 Å². The van der Waals surface area contributed by atoms with Crippen molar-refractivity contribution in [2.45, 2.75) is 103 Å². The molecule has 4 aliphatic carbocycles. The molecule has 0 N–H and O–H groups in total. The molecule has 0 fully saturated rings. The summed E-state index contributed by atoms with van der Waals surface area (Å²) in [5, 5.41) is 0. The minimum absolute atomic E-state index is 0.899. The van der Waals surface area contributed by atoms with Crippen LogP contribution in [0, 0.1) is 0 Å². The molecule has 2 nitrogen and oxygen atoms in total. The Balaban J connectivity index is 1.89. The van der Waals surface area contributed by atoms with Gasteiger partial charge in [-0.15, -0.1) is 0 Å². The number of allylic oxidation sites excluding steroid dienone is 1. The third-order valence-electron chi connectivity index (χ3n) is 6.31. The Hall–Kier alpha value is -2.05. The topological polar surface area (TPSA) is 18.5 Å². The highest BCUT2D eigenvalue weighted by atomic mass is 28.4. The summed E-state index contributed by atoms with van der Waals surface area (Å²) < 4.78 is 13.3. The smallest absolute Gasteiger partial charge is 0.242 e. The molecule has 196 valence electrons. The van der Waals surface area contributed by atoms with Gasteiger partial charge in [-0.1, -0.05) is 67.8 Å². The molecule has 0 aliphatic heterocycles. The Bertz CT molecular complexity index is 990. The van der Waals surface area contributed by atoms with Crippen LogP contribution in [0.3, 0.4) is 0 Å². The van der Waals surface area contributed by atoms with E-state index >= 15 is 0 Å². The van der Waals surface area contributed by atoms with Crippen molar-refractivity contribution in [3.8, 4) is 0 Å². The van der Waals surface area contributed by atoms with E-state index in [0.717, 1.165) is 37.2 Å². The van der Waals surface area contributed by atoms with Crippen LogP contribution in [0.5, 0.6) is 0 Å². The van der Waals surface area contributed by atoms with E-state index in [4.69, 9.17) is 8.85 Å². The summed E-state index contributed by atoms with van der Waals surface area (Å²) in [7, 11) is -3.63. The first-order valence-corrected chi connectivity index (χ1v) is 20.9. The summed E-state index contributed by atoms with van der Waals surface area (Å²) in [6, 6.07) is 18.4. The maximum absolute atomic E-state index is 6.64. The average Bonchev–Trinajstić information content (AvgIpc) is 2.80. The molecule has 4 bridgehead atoms. The number of rotatable bonds is 4. The number of benzene rings is 2. The molecule has 2 aromatic carbocycles. The van der Waals surface area contributed by atoms with Crippen molar-refractivity contribution in [3.63, 3.8) is 0 Å². The van der Waals surface area contributed by atoms with Crippen LogP contribution < -0.4 is 0 Å². The Labute approximate surface area is 223 Å². The third kappa shape index (κ3) is 10.9. The molecule has 0 heterocycles. The molecular formula is C32H48O2Si2. The van der Waals surface area contributed by atoms with E-state index in [1.807, 2.05) is 0 Å². The van der Waals surface area contributed by atoms with E-state index < -0.39 is 16.6 Å². The van der Waals surface area contributed by atoms with E-state index in [1.54, 1.807) is 0 Å². The predicted molar refractivity (Wildman–Crippen MR) is 161 cm³/mol. The summed E-state index contributed by atoms with van der Waals surface area (Å²) in [5.74, 6) is 1.83. The predicted octanol–water partition coefficient (Wildman–Crippen LogP) is 9.69. The Morgan fingerprint density at radius 3 is 1.42 bits per heavy atom. The quantitative estimate of drug-likeness (QED) is 0.373. The summed E-state index contributed by atoms with van der Waals surface area (Å²) in [6.07, 6.45) is 16.6. The Kier molecular flexibility index (Phi) is 10.7. The zero-order chi connectivity index (χ0) is 26.0. The number of aryl methyl sites for hydroxylation is 3. The van der Waals surface area contributed by atoms with Gasteiger partial charge in [0, 0.05) is 0 Å². The minimum atomic E-state index is -1.82. The zero-order valence-electron chi connectivity index (χ0n) is 23.7. The highest BCUT2D eigenvalue weighted by Crippen LogP contribution is 2.26. The van der Waals surface area contributed by atoms with Crippen molar-refractivity contribution >= 4 is 22.7 Å². The van der Waals surface area contributed by atoms with Gasteiger partial charge in [0.25, 0.3) is 0 Å². The molecule has 2 aromatic rings. The monoisotopic (exact) mass is 520 g/mol. The van der Waals surface area contributed by atoms with Gasteiger partial charge in [0.05, 0.1) is 0 Å². The lowest BCUT2D eigenvalue weighted by Gasteiger charge is -2.28. The first-order chi connectivity index (χ1) is 17.1. The van der Waals surface area contributed by atoms with Gasteiger partial charge < -0.3 is 8.85 Å². The van der Waals surface area contributed by atoms with Crippen LogP contribution in [0.15, 0.2) is 66.1 Å². The van der Waals surface area contributed by atoms with Crippen molar-refractivity contribution in [2.24, 2.45) is 0 Å². The third-order valence-corrected chi connectivity index (χ3v) is 7.97. The van der Waals surface area contributed by atoms with E-state index in [0.29, 0.717) is 0 Å². The van der Waals surface area contributed by atoms with Gasteiger partial charge in [-0.05, 0) is 119 Å². The van der Waals surface area contributed by atoms with Crippen LogP contribution in [0.25, 0.3) is 6.08 Å². The van der Waals surface area contributed by atoms with Gasteiger partial charge in [-0.3, -0.25) is 0 Å². The molecular weight excluding hydrogens is 473 g/mol. The van der Waals surface area contributed by atoms with Crippen LogP contribution in [-0.2, 0) is 28.1 Å². The summed E-state index contributed by atoms with van der Waals surface area (Å²) in [5.41, 5.74) is 5.51. The maximum atomic E-state index is 6.64. The lowest BCUT2D eigenvalue weighted by molar-refractivity contribution is 0.344. The molecule has 0 saturated heterocycles. The van der Waals surface area contributed by atoms with Crippen LogP contribution in [-0.4, -0.2) is 16.6 Å². The van der Waals surface area contributed by atoms with Gasteiger partial charge >= 0.3 is 0 Å². The van der Waals surface area contributed by atoms with Gasteiger partial charge in [0.1, 0.15) is 11.5 Å². The Morgan fingerprint density at radius 2 is 0.917 bits per heavy atom. The summed E-state index contributed by atoms with van der Waals surface area (Å²) in [6.45, 7) is 13.5. The molecule has 36 heavy (non-hydrogen) atoms. The zero-order valence-corrected chi connectivity index (χ0v) is 25.7. The average molecular weight is 521 g/mol. The van der Waals surface area contributed by atoms with Gasteiger partial charge in [0.2, 0.25) is 16.6 Å². The van der Waals surface area contributed by atoms with Crippen LogP contribution in [0.2, 0.25) is 39.3 Å². The highest BCUT2D eigenvalue weighted by Gasteiger charge is 2.25. The fourth-order valence-corrected chi connectivity index (χ4v) is 6.20. The van der Waals surface area contributed by atoms with Gasteiger partial charge in [-0.25, -0.2) is 0 Å². The van der Waals surface area contributed by atoms with Gasteiger partial charge in [-0.2, -0.15) is 0 Å². The largest absolute Gasteiger partial charge is 0.542 e. The van der Waals surface area contributed by atoms with Gasteiger partial charge in [0.15, 0.2) is 0 Å². The van der Waals surface area contributed by atoms with Crippen LogP contribution in [0.4, 0.5) is 0 Å². The van der Waals surface area contributed by atoms with Crippen molar-refractivity contribution in [1.82, 2.24) is 0 Å². The second-order valence-corrected chi connectivity index (χ2v) is 21.1. The SMILES string of the molecule is C[Si](C)(C)OC1=C/CCCc2ccc(cc2)CCCCCCCc2ccc(cc2)/C=C\1O[Si](C)(C)C. The second-order valence-electron chi connectivity index (χ2n) is 12.2. The molecule has 0 spiro atoms. The molecule has 0 amide bonds. The van der Waals surface area contributed by atoms with Crippen molar-refractivity contribution in [2.75, 3.05) is 0 Å². The number of hydrogen-bond acceptors (Lipinski definition) is 2. The molecule has 4 aliphatic rings. The lowest BCUT2D eigenvalue weighted by atomic mass is 10.0. The fraction of sp³-hybridized carbons (Fsp3) is 0.500. The first kappa shape index (κ1) is 28.5. The molecule has 0 atom stereocenters. The highest BCUT2D eigenvalue weighted by molar-refractivity contribution is 6.70. The van der Waals surface area contributed by atoms with E-state index in [1.165, 1.54) is 60.8 Å². The van der Waals surface area contributed by atoms with E-state index in [2.05, 4.69) is 100.0 Å². The summed E-state index contributed by atoms with van der Waals surface area (Å²) >= 11 is 0. The Morgan fingerprint density at radius 1 is 0.500 bits per heavy atom. The molecule has 4 heteroatoms. The van der Waals surface area contributed by atoms with Crippen LogP contribution in [0.1, 0.15) is 67.2 Å². The minimum Gasteiger partial charge on any atom is -0.542 e. The molecule has 0 unspecified atom stereocenters. The number of hydrogen-bond donors (Lipinski definition) is 0. The lowest BCUT2D eigenvalue weighted by Crippen LogP contribution is -2.29. The molecule has 0 radical (unpaired) electrons. The molecule has 0 aromatic heterocycles. The van der Waals surface area contributed by atoms with Crippen molar-refractivity contribution in [1.29, 1.82) is 0 Å². The second kappa shape index (κ2) is 13.5. The molecule has 6 rings (SSSR count).